The molecule has 0 aliphatic heterocycles. The van der Waals surface area contributed by atoms with Gasteiger partial charge in [0.05, 0.1) is 5.33 Å². The molecular weight excluding hydrogens is 297 g/mol. The number of carbonyl (C=O) groups is 1. The summed E-state index contributed by atoms with van der Waals surface area (Å²) < 4.78 is 13.0. The van der Waals surface area contributed by atoms with Crippen molar-refractivity contribution in [2.75, 3.05) is 11.9 Å². The van der Waals surface area contributed by atoms with Gasteiger partial charge in [-0.15, -0.1) is 0 Å². The third kappa shape index (κ3) is 4.84. The fraction of sp³-hybridized carbons (Fsp3) is 0.214. The van der Waals surface area contributed by atoms with Crippen LogP contribution in [0.25, 0.3) is 0 Å². The summed E-state index contributed by atoms with van der Waals surface area (Å²) in [4.78, 5) is 13.3. The molecule has 0 fully saturated rings. The summed E-state index contributed by atoms with van der Waals surface area (Å²) in [7, 11) is 0. The van der Waals surface area contributed by atoms with Crippen LogP contribution in [0.5, 0.6) is 0 Å². The van der Waals surface area contributed by atoms with Crippen LogP contribution in [0.2, 0.25) is 0 Å². The van der Waals surface area contributed by atoms with Gasteiger partial charge in [-0.05, 0) is 18.2 Å². The Kier molecular flexibility index (Phi) is 6.36. The van der Waals surface area contributed by atoms with Gasteiger partial charge in [-0.3, -0.25) is 4.79 Å². The summed E-state index contributed by atoms with van der Waals surface area (Å²) in [6, 6.07) is 0. The zero-order valence-corrected chi connectivity index (χ0v) is 11.5. The first-order valence-electron chi connectivity index (χ1n) is 5.54. The molecule has 0 radical (unpaired) electrons. The fourth-order valence-electron chi connectivity index (χ4n) is 1.46. The van der Waals surface area contributed by atoms with E-state index in [2.05, 4.69) is 22.5 Å². The highest BCUT2D eigenvalue weighted by Crippen LogP contribution is 2.13. The predicted octanol–water partition coefficient (Wildman–Crippen LogP) is 3.51. The number of amides is 1. The molecule has 0 heterocycles. The average Bonchev–Trinajstić information content (AvgIpc) is 2.58. The minimum atomic E-state index is -0.284. The molecule has 1 unspecified atom stereocenters. The first-order valence-corrected chi connectivity index (χ1v) is 6.66. The van der Waals surface area contributed by atoms with Crippen LogP contribution in [0, 0.1) is 5.92 Å². The van der Waals surface area contributed by atoms with Crippen LogP contribution < -0.4 is 0 Å². The third-order valence-electron chi connectivity index (χ3n) is 2.36. The molecule has 1 amide bonds. The highest BCUT2D eigenvalue weighted by molar-refractivity contribution is 9.09. The van der Waals surface area contributed by atoms with E-state index in [9.17, 15) is 9.18 Å². The van der Waals surface area contributed by atoms with E-state index >= 15 is 0 Å². The third-order valence-corrected chi connectivity index (χ3v) is 2.84. The molecule has 0 aromatic heterocycles. The molecule has 0 saturated carbocycles. The summed E-state index contributed by atoms with van der Waals surface area (Å²) in [5.74, 6) is -0.340. The maximum Gasteiger partial charge on any atom is 0.237 e. The molecule has 4 heteroatoms. The monoisotopic (exact) mass is 311 g/mol. The maximum atomic E-state index is 13.0. The Hall–Kier alpha value is -1.42. The number of nitrogens with zero attached hydrogens (tertiary/aromatic N) is 1. The number of allylic oxidation sites excluding steroid dienone is 6. The molecule has 2 nitrogen and oxygen atoms in total. The van der Waals surface area contributed by atoms with Gasteiger partial charge in [-0.25, -0.2) is 4.39 Å². The second-order valence-corrected chi connectivity index (χ2v) is 4.28. The van der Waals surface area contributed by atoms with Gasteiger partial charge in [0.15, 0.2) is 0 Å². The summed E-state index contributed by atoms with van der Waals surface area (Å²) in [6.45, 7) is 4.04. The average molecular weight is 312 g/mol. The van der Waals surface area contributed by atoms with Crippen molar-refractivity contribution >= 4 is 21.8 Å². The molecule has 0 spiro atoms. The summed E-state index contributed by atoms with van der Waals surface area (Å²) in [5.41, 5.74) is 0. The Morgan fingerprint density at radius 1 is 1.56 bits per heavy atom. The lowest BCUT2D eigenvalue weighted by Gasteiger charge is -2.20. The van der Waals surface area contributed by atoms with Gasteiger partial charge in [0, 0.05) is 18.7 Å². The normalized spacial score (nSPS) is 18.6. The highest BCUT2D eigenvalue weighted by atomic mass is 79.9. The van der Waals surface area contributed by atoms with Crippen molar-refractivity contribution in [1.29, 1.82) is 0 Å². The molecule has 0 bridgehead atoms. The minimum absolute atomic E-state index is 0.00744. The van der Waals surface area contributed by atoms with Crippen LogP contribution in [0.4, 0.5) is 4.39 Å². The molecule has 1 aliphatic rings. The maximum absolute atomic E-state index is 13.0. The van der Waals surface area contributed by atoms with Crippen molar-refractivity contribution in [2.24, 2.45) is 5.92 Å². The van der Waals surface area contributed by atoms with E-state index in [1.807, 2.05) is 6.08 Å². The van der Waals surface area contributed by atoms with Crippen molar-refractivity contribution in [1.82, 2.24) is 4.90 Å². The molecule has 96 valence electrons. The molecule has 1 aliphatic carbocycles. The number of hydrogen-bond acceptors (Lipinski definition) is 1. The molecule has 0 N–H and O–H groups in total. The quantitative estimate of drug-likeness (QED) is 0.562. The Labute approximate surface area is 115 Å². The Balaban J connectivity index is 2.72. The van der Waals surface area contributed by atoms with E-state index in [0.29, 0.717) is 6.54 Å². The number of hydrogen-bond donors (Lipinski definition) is 0. The summed E-state index contributed by atoms with van der Waals surface area (Å²) in [5, 5.41) is 0.251. The highest BCUT2D eigenvalue weighted by Gasteiger charge is 2.13. The minimum Gasteiger partial charge on any atom is -0.317 e. The van der Waals surface area contributed by atoms with Crippen molar-refractivity contribution < 1.29 is 9.18 Å². The topological polar surface area (TPSA) is 20.3 Å². The summed E-state index contributed by atoms with van der Waals surface area (Å²) >= 11 is 3.14. The molecule has 18 heavy (non-hydrogen) atoms. The Morgan fingerprint density at radius 3 is 3.00 bits per heavy atom. The van der Waals surface area contributed by atoms with Crippen LogP contribution >= 0.6 is 15.9 Å². The van der Waals surface area contributed by atoms with Gasteiger partial charge in [-0.2, -0.15) is 0 Å². The molecule has 0 aromatic carbocycles. The second-order valence-electron chi connectivity index (χ2n) is 3.72. The van der Waals surface area contributed by atoms with E-state index in [4.69, 9.17) is 0 Å². The molecular formula is C14H15BrFNO. The van der Waals surface area contributed by atoms with Gasteiger partial charge in [0.1, 0.15) is 5.83 Å². The largest absolute Gasteiger partial charge is 0.317 e. The van der Waals surface area contributed by atoms with E-state index in [0.717, 1.165) is 0 Å². The molecule has 1 atom stereocenters. The number of carbonyl (C=O) groups excluding carboxylic acids is 1. The Bertz CT molecular complexity index is 424. The van der Waals surface area contributed by atoms with E-state index in [-0.39, 0.29) is 23.0 Å². The summed E-state index contributed by atoms with van der Waals surface area (Å²) in [6.07, 6.45) is 13.1. The lowest BCUT2D eigenvalue weighted by atomic mass is 10.1. The van der Waals surface area contributed by atoms with Gasteiger partial charge in [-0.1, -0.05) is 46.8 Å². The predicted molar refractivity (Wildman–Crippen MR) is 75.8 cm³/mol. The number of alkyl halides is 1. The van der Waals surface area contributed by atoms with Crippen LogP contribution in [0.15, 0.2) is 61.1 Å². The Morgan fingerprint density at radius 2 is 2.33 bits per heavy atom. The fourth-order valence-corrected chi connectivity index (χ4v) is 1.78. The van der Waals surface area contributed by atoms with Crippen molar-refractivity contribution in [2.45, 2.75) is 0 Å². The van der Waals surface area contributed by atoms with Crippen LogP contribution in [0.1, 0.15) is 0 Å². The van der Waals surface area contributed by atoms with Crippen molar-refractivity contribution in [3.8, 4) is 0 Å². The standard InChI is InChI=1S/C14H15BrFNO/c1-2-3-9-17(14(18)10-15)11-12-5-4-6-13(16)8-7-12/h2-9,12H,1,10-11H2/b9-3-. The number of rotatable bonds is 5. The van der Waals surface area contributed by atoms with Crippen LogP contribution in [-0.2, 0) is 4.79 Å². The SMILES string of the molecule is C=C/C=C\N(CC1C=CC=C(F)C=C1)C(=O)CBr. The number of halogens is 2. The smallest absolute Gasteiger partial charge is 0.237 e. The van der Waals surface area contributed by atoms with Gasteiger partial charge >= 0.3 is 0 Å². The first-order chi connectivity index (χ1) is 8.67. The van der Waals surface area contributed by atoms with E-state index in [1.54, 1.807) is 35.4 Å². The first kappa shape index (κ1) is 14.6. The van der Waals surface area contributed by atoms with Gasteiger partial charge in [0.25, 0.3) is 0 Å². The molecule has 0 saturated heterocycles. The zero-order valence-electron chi connectivity index (χ0n) is 9.93. The second kappa shape index (κ2) is 7.82. The lowest BCUT2D eigenvalue weighted by Crippen LogP contribution is -2.30. The van der Waals surface area contributed by atoms with Crippen LogP contribution in [-0.4, -0.2) is 22.7 Å². The van der Waals surface area contributed by atoms with Crippen molar-refractivity contribution in [3.63, 3.8) is 0 Å². The van der Waals surface area contributed by atoms with Crippen molar-refractivity contribution in [3.05, 3.63) is 61.1 Å². The van der Waals surface area contributed by atoms with E-state index in [1.165, 1.54) is 12.2 Å². The van der Waals surface area contributed by atoms with Crippen LogP contribution in [0.3, 0.4) is 0 Å². The molecule has 0 aromatic rings. The lowest BCUT2D eigenvalue weighted by molar-refractivity contribution is -0.125. The van der Waals surface area contributed by atoms with Gasteiger partial charge < -0.3 is 4.90 Å². The zero-order chi connectivity index (χ0) is 13.4. The molecule has 1 rings (SSSR count). The van der Waals surface area contributed by atoms with Gasteiger partial charge in [0.2, 0.25) is 5.91 Å². The van der Waals surface area contributed by atoms with E-state index < -0.39 is 0 Å².